The Balaban J connectivity index is 2.41. The van der Waals surface area contributed by atoms with Gasteiger partial charge in [0.25, 0.3) is 0 Å². The Morgan fingerprint density at radius 1 is 1.37 bits per heavy atom. The minimum absolute atomic E-state index is 0.0736. The van der Waals surface area contributed by atoms with Gasteiger partial charge in [0.2, 0.25) is 0 Å². The molecule has 0 aromatic carbocycles. The first-order valence-corrected chi connectivity index (χ1v) is 6.85. The van der Waals surface area contributed by atoms with E-state index in [1.807, 2.05) is 6.92 Å². The summed E-state index contributed by atoms with van der Waals surface area (Å²) >= 11 is 7.25. The van der Waals surface area contributed by atoms with E-state index in [-0.39, 0.29) is 16.3 Å². The van der Waals surface area contributed by atoms with Crippen LogP contribution in [-0.2, 0) is 6.54 Å². The lowest BCUT2D eigenvalue weighted by atomic mass is 10.5. The van der Waals surface area contributed by atoms with E-state index < -0.39 is 12.7 Å². The molecule has 0 amide bonds. The maximum atomic E-state index is 12.4. The van der Waals surface area contributed by atoms with Crippen molar-refractivity contribution in [3.8, 4) is 0 Å². The van der Waals surface area contributed by atoms with Gasteiger partial charge >= 0.3 is 6.18 Å². The fourth-order valence-corrected chi connectivity index (χ4v) is 2.41. The van der Waals surface area contributed by atoms with E-state index in [0.29, 0.717) is 5.16 Å². The number of fused-ring (bicyclic) bond motifs is 1. The van der Waals surface area contributed by atoms with Crippen LogP contribution in [0.1, 0.15) is 13.3 Å². The first-order chi connectivity index (χ1) is 8.90. The molecule has 2 aromatic heterocycles. The number of thioether (sulfide) groups is 1. The van der Waals surface area contributed by atoms with Gasteiger partial charge in [-0.1, -0.05) is 30.3 Å². The maximum Gasteiger partial charge on any atom is 0.406 e. The van der Waals surface area contributed by atoms with Crippen LogP contribution in [0, 0.1) is 0 Å². The van der Waals surface area contributed by atoms with Crippen LogP contribution >= 0.6 is 23.4 Å². The second kappa shape index (κ2) is 5.54. The molecular formula is C10H10ClF3N4S. The molecule has 2 rings (SSSR count). The van der Waals surface area contributed by atoms with Crippen molar-refractivity contribution in [3.63, 3.8) is 0 Å². The molecule has 2 aromatic rings. The molecule has 4 nitrogen and oxygen atoms in total. The third-order valence-electron chi connectivity index (χ3n) is 2.19. The summed E-state index contributed by atoms with van der Waals surface area (Å²) in [5.74, 6) is 0.773. The number of aromatic nitrogens is 4. The van der Waals surface area contributed by atoms with Gasteiger partial charge in [-0.25, -0.2) is 15.0 Å². The number of imidazole rings is 1. The normalized spacial score (nSPS) is 12.3. The van der Waals surface area contributed by atoms with Gasteiger partial charge in [0.05, 0.1) is 6.33 Å². The predicted octanol–water partition coefficient (Wildman–Crippen LogP) is 3.54. The zero-order chi connectivity index (χ0) is 14.0. The van der Waals surface area contributed by atoms with Gasteiger partial charge in [0.15, 0.2) is 16.0 Å². The molecule has 0 spiro atoms. The SMILES string of the molecule is CCCSc1nc(Cl)c2ncn(CC(F)(F)F)c2n1. The smallest absolute Gasteiger partial charge is 0.306 e. The summed E-state index contributed by atoms with van der Waals surface area (Å²) in [5.41, 5.74) is 0.294. The molecule has 0 saturated heterocycles. The van der Waals surface area contributed by atoms with E-state index in [0.717, 1.165) is 23.1 Å². The summed E-state index contributed by atoms with van der Waals surface area (Å²) in [4.78, 5) is 11.9. The Bertz CT molecular complexity index is 584. The second-order valence-corrected chi connectivity index (χ2v) is 5.23. The molecule has 0 fully saturated rings. The van der Waals surface area contributed by atoms with Gasteiger partial charge in [0.1, 0.15) is 12.1 Å². The van der Waals surface area contributed by atoms with E-state index in [2.05, 4.69) is 15.0 Å². The molecule has 9 heteroatoms. The third kappa shape index (κ3) is 3.50. The van der Waals surface area contributed by atoms with Crippen LogP contribution < -0.4 is 0 Å². The van der Waals surface area contributed by atoms with Crippen LogP contribution in [0.2, 0.25) is 5.15 Å². The van der Waals surface area contributed by atoms with Crippen molar-refractivity contribution in [2.24, 2.45) is 0 Å². The summed E-state index contributed by atoms with van der Waals surface area (Å²) in [6.07, 6.45) is -2.35. The van der Waals surface area contributed by atoms with E-state index in [1.165, 1.54) is 11.8 Å². The first kappa shape index (κ1) is 14.4. The molecule has 0 radical (unpaired) electrons. The molecule has 104 valence electrons. The number of alkyl halides is 3. The maximum absolute atomic E-state index is 12.4. The van der Waals surface area contributed by atoms with Crippen LogP contribution in [0.5, 0.6) is 0 Å². The van der Waals surface area contributed by atoms with E-state index in [9.17, 15) is 13.2 Å². The van der Waals surface area contributed by atoms with Gasteiger partial charge in [-0.15, -0.1) is 0 Å². The molecule has 0 saturated carbocycles. The molecule has 19 heavy (non-hydrogen) atoms. The van der Waals surface area contributed by atoms with Crippen molar-refractivity contribution >= 4 is 34.5 Å². The highest BCUT2D eigenvalue weighted by atomic mass is 35.5. The minimum atomic E-state index is -4.33. The molecule has 0 atom stereocenters. The fourth-order valence-electron chi connectivity index (χ4n) is 1.46. The molecule has 0 aliphatic carbocycles. The summed E-state index contributed by atoms with van der Waals surface area (Å²) in [7, 11) is 0. The van der Waals surface area contributed by atoms with Gasteiger partial charge in [-0.2, -0.15) is 13.2 Å². The van der Waals surface area contributed by atoms with E-state index in [4.69, 9.17) is 11.6 Å². The average molecular weight is 311 g/mol. The van der Waals surface area contributed by atoms with Crippen LogP contribution in [-0.4, -0.2) is 31.4 Å². The molecule has 0 N–H and O–H groups in total. The standard InChI is InChI=1S/C10H10ClF3N4S/c1-2-3-19-9-16-7(11)6-8(17-9)18(5-15-6)4-10(12,13)14/h5H,2-4H2,1H3. The Labute approximate surface area is 116 Å². The van der Waals surface area contributed by atoms with Gasteiger partial charge < -0.3 is 4.57 Å². The van der Waals surface area contributed by atoms with Crippen LogP contribution in [0.25, 0.3) is 11.2 Å². The van der Waals surface area contributed by atoms with Crippen molar-refractivity contribution < 1.29 is 13.2 Å². The van der Waals surface area contributed by atoms with E-state index in [1.54, 1.807) is 0 Å². The van der Waals surface area contributed by atoms with Crippen molar-refractivity contribution in [2.75, 3.05) is 5.75 Å². The highest BCUT2D eigenvalue weighted by Gasteiger charge is 2.29. The third-order valence-corrected chi connectivity index (χ3v) is 3.50. The minimum Gasteiger partial charge on any atom is -0.306 e. The summed E-state index contributed by atoms with van der Waals surface area (Å²) in [5, 5.41) is 0.438. The van der Waals surface area contributed by atoms with Crippen LogP contribution in [0.3, 0.4) is 0 Å². The Morgan fingerprint density at radius 3 is 2.74 bits per heavy atom. The van der Waals surface area contributed by atoms with Crippen molar-refractivity contribution in [2.45, 2.75) is 31.2 Å². The van der Waals surface area contributed by atoms with Crippen molar-refractivity contribution in [3.05, 3.63) is 11.5 Å². The lowest BCUT2D eigenvalue weighted by Crippen LogP contribution is -2.17. The highest BCUT2D eigenvalue weighted by Crippen LogP contribution is 2.26. The van der Waals surface area contributed by atoms with Crippen molar-refractivity contribution in [1.29, 1.82) is 0 Å². The van der Waals surface area contributed by atoms with Crippen molar-refractivity contribution in [1.82, 2.24) is 19.5 Å². The molecule has 0 aliphatic rings. The predicted molar refractivity (Wildman–Crippen MR) is 67.4 cm³/mol. The Kier molecular flexibility index (Phi) is 4.19. The summed E-state index contributed by atoms with van der Waals surface area (Å²) in [6.45, 7) is 0.843. The van der Waals surface area contributed by atoms with Gasteiger partial charge in [-0.05, 0) is 6.42 Å². The van der Waals surface area contributed by atoms with Gasteiger partial charge in [0, 0.05) is 5.75 Å². The first-order valence-electron chi connectivity index (χ1n) is 5.48. The highest BCUT2D eigenvalue weighted by molar-refractivity contribution is 7.99. The lowest BCUT2D eigenvalue weighted by molar-refractivity contribution is -0.140. The Hall–Kier alpha value is -1.02. The van der Waals surface area contributed by atoms with Crippen LogP contribution in [0.15, 0.2) is 11.5 Å². The molecule has 0 aliphatic heterocycles. The quantitative estimate of drug-likeness (QED) is 0.492. The number of hydrogen-bond acceptors (Lipinski definition) is 4. The number of rotatable bonds is 4. The lowest BCUT2D eigenvalue weighted by Gasteiger charge is -2.08. The topological polar surface area (TPSA) is 43.6 Å². The van der Waals surface area contributed by atoms with E-state index >= 15 is 0 Å². The summed E-state index contributed by atoms with van der Waals surface area (Å²) in [6, 6.07) is 0. The average Bonchev–Trinajstić information content (AvgIpc) is 2.68. The Morgan fingerprint density at radius 2 is 2.11 bits per heavy atom. The molecule has 2 heterocycles. The molecule has 0 bridgehead atoms. The number of hydrogen-bond donors (Lipinski definition) is 0. The molecular weight excluding hydrogens is 301 g/mol. The zero-order valence-electron chi connectivity index (χ0n) is 9.91. The van der Waals surface area contributed by atoms with Crippen LogP contribution in [0.4, 0.5) is 13.2 Å². The number of nitrogens with zero attached hydrogens (tertiary/aromatic N) is 4. The van der Waals surface area contributed by atoms with Gasteiger partial charge in [-0.3, -0.25) is 0 Å². The summed E-state index contributed by atoms with van der Waals surface area (Å²) < 4.78 is 38.2. The zero-order valence-corrected chi connectivity index (χ0v) is 11.5. The monoisotopic (exact) mass is 310 g/mol. The second-order valence-electron chi connectivity index (χ2n) is 3.81. The number of halogens is 4. The largest absolute Gasteiger partial charge is 0.406 e. The molecule has 0 unspecified atom stereocenters. The fraction of sp³-hybridized carbons (Fsp3) is 0.500.